The number of likely N-dealkylation sites (N-methyl/N-ethyl adjacent to an activating group) is 1. The molecule has 0 heterocycles. The first kappa shape index (κ1) is 13.9. The number of aliphatic hydroxyl groups is 1. The Labute approximate surface area is 100 Å². The maximum absolute atomic E-state index is 9.50. The Kier molecular flexibility index (Phi) is 4.38. The zero-order chi connectivity index (χ0) is 12.4. The van der Waals surface area contributed by atoms with E-state index in [0.29, 0.717) is 6.04 Å². The number of nitrogens with one attached hydrogen (secondary N) is 1. The summed E-state index contributed by atoms with van der Waals surface area (Å²) in [5.74, 6) is 0. The van der Waals surface area contributed by atoms with Gasteiger partial charge in [-0.1, -0.05) is 6.92 Å². The molecule has 1 rings (SSSR count). The maximum Gasteiger partial charge on any atom is 0.0613 e. The highest BCUT2D eigenvalue weighted by Crippen LogP contribution is 2.35. The molecule has 0 saturated heterocycles. The van der Waals surface area contributed by atoms with Gasteiger partial charge in [-0.3, -0.25) is 4.90 Å². The summed E-state index contributed by atoms with van der Waals surface area (Å²) in [6, 6.07) is 0.592. The van der Waals surface area contributed by atoms with E-state index in [1.165, 1.54) is 6.42 Å². The summed E-state index contributed by atoms with van der Waals surface area (Å²) >= 11 is 0. The molecular formula is C13H28N2O. The van der Waals surface area contributed by atoms with Crippen LogP contribution in [0.4, 0.5) is 0 Å². The van der Waals surface area contributed by atoms with Crippen LogP contribution in [0.3, 0.4) is 0 Å². The smallest absolute Gasteiger partial charge is 0.0613 e. The average molecular weight is 228 g/mol. The van der Waals surface area contributed by atoms with Gasteiger partial charge in [0.2, 0.25) is 0 Å². The predicted octanol–water partition coefficient (Wildman–Crippen LogP) is 1.61. The summed E-state index contributed by atoms with van der Waals surface area (Å²) in [5.41, 5.74) is 0.215. The molecule has 0 radical (unpaired) electrons. The van der Waals surface area contributed by atoms with Gasteiger partial charge in [0.15, 0.2) is 0 Å². The van der Waals surface area contributed by atoms with Crippen molar-refractivity contribution in [2.45, 2.75) is 63.6 Å². The van der Waals surface area contributed by atoms with Crippen LogP contribution in [0.5, 0.6) is 0 Å². The van der Waals surface area contributed by atoms with Crippen molar-refractivity contribution in [1.82, 2.24) is 10.2 Å². The molecule has 1 aliphatic carbocycles. The van der Waals surface area contributed by atoms with E-state index in [-0.39, 0.29) is 17.7 Å². The summed E-state index contributed by atoms with van der Waals surface area (Å²) in [7, 11) is 4.18. The van der Waals surface area contributed by atoms with E-state index in [1.807, 2.05) is 7.05 Å². The Balaban J connectivity index is 2.66. The highest BCUT2D eigenvalue weighted by Gasteiger charge is 2.41. The summed E-state index contributed by atoms with van der Waals surface area (Å²) < 4.78 is 0. The van der Waals surface area contributed by atoms with Gasteiger partial charge >= 0.3 is 0 Å². The zero-order valence-electron chi connectivity index (χ0n) is 11.5. The molecule has 2 atom stereocenters. The third kappa shape index (κ3) is 2.58. The number of hydrogen-bond acceptors (Lipinski definition) is 3. The lowest BCUT2D eigenvalue weighted by Gasteiger charge is -2.40. The van der Waals surface area contributed by atoms with Crippen molar-refractivity contribution in [3.8, 4) is 0 Å². The van der Waals surface area contributed by atoms with Crippen LogP contribution in [0.25, 0.3) is 0 Å². The van der Waals surface area contributed by atoms with E-state index in [4.69, 9.17) is 0 Å². The first-order valence-electron chi connectivity index (χ1n) is 6.43. The number of rotatable bonds is 5. The van der Waals surface area contributed by atoms with Crippen LogP contribution in [0.15, 0.2) is 0 Å². The van der Waals surface area contributed by atoms with Gasteiger partial charge in [0.1, 0.15) is 0 Å². The molecule has 3 nitrogen and oxygen atoms in total. The first-order chi connectivity index (χ1) is 7.40. The van der Waals surface area contributed by atoms with Crippen LogP contribution >= 0.6 is 0 Å². The molecule has 1 aliphatic rings. The fourth-order valence-corrected chi connectivity index (χ4v) is 2.62. The lowest BCUT2D eigenvalue weighted by Crippen LogP contribution is -2.49. The van der Waals surface area contributed by atoms with Crippen molar-refractivity contribution in [2.24, 2.45) is 0 Å². The predicted molar refractivity (Wildman–Crippen MR) is 68.6 cm³/mol. The summed E-state index contributed by atoms with van der Waals surface area (Å²) in [4.78, 5) is 2.49. The van der Waals surface area contributed by atoms with E-state index < -0.39 is 0 Å². The van der Waals surface area contributed by atoms with Crippen LogP contribution in [-0.2, 0) is 0 Å². The molecule has 1 saturated carbocycles. The van der Waals surface area contributed by atoms with Crippen molar-refractivity contribution in [2.75, 3.05) is 20.7 Å². The third-order valence-corrected chi connectivity index (χ3v) is 4.78. The van der Waals surface area contributed by atoms with Gasteiger partial charge in [-0.05, 0) is 53.6 Å². The second-order valence-electron chi connectivity index (χ2n) is 5.86. The maximum atomic E-state index is 9.50. The number of hydrogen-bond donors (Lipinski definition) is 2. The first-order valence-corrected chi connectivity index (χ1v) is 6.43. The Morgan fingerprint density at radius 1 is 1.50 bits per heavy atom. The lowest BCUT2D eigenvalue weighted by molar-refractivity contribution is 0.0881. The van der Waals surface area contributed by atoms with E-state index in [1.54, 1.807) is 0 Å². The van der Waals surface area contributed by atoms with Gasteiger partial charge in [0.05, 0.1) is 6.61 Å². The lowest BCUT2D eigenvalue weighted by atomic mass is 9.95. The summed E-state index contributed by atoms with van der Waals surface area (Å²) in [5, 5.41) is 12.8. The van der Waals surface area contributed by atoms with E-state index in [2.05, 4.69) is 38.0 Å². The van der Waals surface area contributed by atoms with Crippen molar-refractivity contribution in [3.05, 3.63) is 0 Å². The minimum Gasteiger partial charge on any atom is -0.394 e. The molecule has 2 N–H and O–H groups in total. The van der Waals surface area contributed by atoms with Gasteiger partial charge in [-0.25, -0.2) is 0 Å². The minimum atomic E-state index is -0.0389. The van der Waals surface area contributed by atoms with E-state index in [0.717, 1.165) is 19.3 Å². The molecule has 0 aromatic rings. The van der Waals surface area contributed by atoms with Crippen molar-refractivity contribution in [1.29, 1.82) is 0 Å². The summed E-state index contributed by atoms with van der Waals surface area (Å²) in [6.07, 6.45) is 4.47. The molecule has 16 heavy (non-hydrogen) atoms. The molecule has 0 bridgehead atoms. The van der Waals surface area contributed by atoms with Crippen molar-refractivity contribution >= 4 is 0 Å². The van der Waals surface area contributed by atoms with Crippen LogP contribution in [-0.4, -0.2) is 47.8 Å². The van der Waals surface area contributed by atoms with Crippen molar-refractivity contribution in [3.63, 3.8) is 0 Å². The van der Waals surface area contributed by atoms with Crippen LogP contribution in [0, 0.1) is 0 Å². The van der Waals surface area contributed by atoms with Gasteiger partial charge in [0, 0.05) is 17.1 Å². The topological polar surface area (TPSA) is 35.5 Å². The Morgan fingerprint density at radius 3 is 2.50 bits per heavy atom. The Morgan fingerprint density at radius 2 is 2.12 bits per heavy atom. The van der Waals surface area contributed by atoms with Gasteiger partial charge in [-0.15, -0.1) is 0 Å². The normalized spacial score (nSPS) is 31.3. The van der Waals surface area contributed by atoms with Crippen molar-refractivity contribution < 1.29 is 5.11 Å². The molecule has 0 spiro atoms. The van der Waals surface area contributed by atoms with Gasteiger partial charge in [0.25, 0.3) is 0 Å². The van der Waals surface area contributed by atoms with Crippen LogP contribution < -0.4 is 5.32 Å². The largest absolute Gasteiger partial charge is 0.394 e. The monoisotopic (exact) mass is 228 g/mol. The molecule has 0 aromatic carbocycles. The van der Waals surface area contributed by atoms with E-state index >= 15 is 0 Å². The molecular weight excluding hydrogens is 200 g/mol. The van der Waals surface area contributed by atoms with Crippen LogP contribution in [0.1, 0.15) is 46.5 Å². The highest BCUT2D eigenvalue weighted by atomic mass is 16.3. The molecule has 96 valence electrons. The Bertz CT molecular complexity index is 224. The summed E-state index contributed by atoms with van der Waals surface area (Å²) in [6.45, 7) is 7.08. The second-order valence-corrected chi connectivity index (χ2v) is 5.86. The minimum absolute atomic E-state index is 0.0389. The van der Waals surface area contributed by atoms with E-state index in [9.17, 15) is 5.11 Å². The average Bonchev–Trinajstić information content (AvgIpc) is 2.73. The fourth-order valence-electron chi connectivity index (χ4n) is 2.62. The van der Waals surface area contributed by atoms with Gasteiger partial charge < -0.3 is 10.4 Å². The highest BCUT2D eigenvalue weighted by molar-refractivity contribution is 5.00. The molecule has 2 unspecified atom stereocenters. The molecule has 3 heteroatoms. The molecule has 1 fully saturated rings. The standard InChI is InChI=1S/C13H28N2O/c1-6-12(2,3)15(5)11-7-8-13(9-11,10-16)14-4/h11,14,16H,6-10H2,1-5H3. The SMILES string of the molecule is CCC(C)(C)N(C)C1CCC(CO)(NC)C1. The third-order valence-electron chi connectivity index (χ3n) is 4.78. The zero-order valence-corrected chi connectivity index (χ0v) is 11.5. The molecule has 0 aromatic heterocycles. The quantitative estimate of drug-likeness (QED) is 0.750. The van der Waals surface area contributed by atoms with Gasteiger partial charge in [-0.2, -0.15) is 0 Å². The number of aliphatic hydroxyl groups excluding tert-OH is 1. The van der Waals surface area contributed by atoms with Crippen LogP contribution in [0.2, 0.25) is 0 Å². The number of nitrogens with zero attached hydrogens (tertiary/aromatic N) is 1. The Hall–Kier alpha value is -0.120. The second kappa shape index (κ2) is 5.03. The molecule has 0 aliphatic heterocycles. The molecule has 0 amide bonds. The fraction of sp³-hybridized carbons (Fsp3) is 1.00.